The molecule has 0 radical (unpaired) electrons. The SMILES string of the molecule is O=C(Nc1nc2ccccc2n1C1CCCC1)c1cccc2c1CNCCO2. The van der Waals surface area contributed by atoms with E-state index in [2.05, 4.69) is 21.3 Å². The number of ether oxygens (including phenoxy) is 1. The van der Waals surface area contributed by atoms with E-state index in [1.54, 1.807) is 0 Å². The lowest BCUT2D eigenvalue weighted by Gasteiger charge is -2.17. The molecule has 2 N–H and O–H groups in total. The van der Waals surface area contributed by atoms with E-state index < -0.39 is 0 Å². The van der Waals surface area contributed by atoms with Crippen LogP contribution in [0.4, 0.5) is 5.95 Å². The van der Waals surface area contributed by atoms with Gasteiger partial charge in [-0.2, -0.15) is 0 Å². The molecule has 0 atom stereocenters. The Balaban J connectivity index is 1.52. The van der Waals surface area contributed by atoms with Gasteiger partial charge in [-0.3, -0.25) is 10.1 Å². The van der Waals surface area contributed by atoms with Gasteiger partial charge in [-0.15, -0.1) is 0 Å². The van der Waals surface area contributed by atoms with Crippen LogP contribution in [0.15, 0.2) is 42.5 Å². The molecule has 5 rings (SSSR count). The van der Waals surface area contributed by atoms with Gasteiger partial charge < -0.3 is 14.6 Å². The zero-order valence-corrected chi connectivity index (χ0v) is 15.8. The fraction of sp³-hybridized carbons (Fsp3) is 0.364. The van der Waals surface area contributed by atoms with E-state index >= 15 is 0 Å². The van der Waals surface area contributed by atoms with Crippen molar-refractivity contribution in [3.05, 3.63) is 53.6 Å². The van der Waals surface area contributed by atoms with Gasteiger partial charge in [0, 0.05) is 30.3 Å². The van der Waals surface area contributed by atoms with Crippen molar-refractivity contribution in [2.24, 2.45) is 0 Å². The molecule has 1 fully saturated rings. The number of rotatable bonds is 3. The van der Waals surface area contributed by atoms with Crippen LogP contribution in [0.5, 0.6) is 5.75 Å². The number of nitrogens with one attached hydrogen (secondary N) is 2. The molecule has 2 aliphatic rings. The number of nitrogens with zero attached hydrogens (tertiary/aromatic N) is 2. The zero-order valence-electron chi connectivity index (χ0n) is 15.8. The molecule has 1 amide bonds. The minimum Gasteiger partial charge on any atom is -0.492 e. The molecule has 6 heteroatoms. The van der Waals surface area contributed by atoms with E-state index in [0.29, 0.717) is 30.7 Å². The van der Waals surface area contributed by atoms with E-state index in [0.717, 1.165) is 41.7 Å². The second kappa shape index (κ2) is 7.28. The molecule has 144 valence electrons. The van der Waals surface area contributed by atoms with E-state index in [1.807, 2.05) is 36.4 Å². The van der Waals surface area contributed by atoms with Crippen molar-refractivity contribution in [1.29, 1.82) is 0 Å². The largest absolute Gasteiger partial charge is 0.492 e. The van der Waals surface area contributed by atoms with Gasteiger partial charge in [0.1, 0.15) is 12.4 Å². The number of aromatic nitrogens is 2. The van der Waals surface area contributed by atoms with Crippen molar-refractivity contribution in [2.45, 2.75) is 38.3 Å². The van der Waals surface area contributed by atoms with Crippen LogP contribution in [0.1, 0.15) is 47.6 Å². The highest BCUT2D eigenvalue weighted by molar-refractivity contribution is 6.05. The molecule has 28 heavy (non-hydrogen) atoms. The minimum absolute atomic E-state index is 0.140. The van der Waals surface area contributed by atoms with Gasteiger partial charge in [0.15, 0.2) is 0 Å². The Labute approximate surface area is 163 Å². The third-order valence-corrected chi connectivity index (χ3v) is 5.73. The van der Waals surface area contributed by atoms with Gasteiger partial charge in [0.25, 0.3) is 5.91 Å². The van der Waals surface area contributed by atoms with Crippen LogP contribution in [0.2, 0.25) is 0 Å². The summed E-state index contributed by atoms with van der Waals surface area (Å²) in [5.74, 6) is 1.28. The summed E-state index contributed by atoms with van der Waals surface area (Å²) >= 11 is 0. The summed E-state index contributed by atoms with van der Waals surface area (Å²) in [6.45, 7) is 2.00. The maximum absolute atomic E-state index is 13.2. The lowest BCUT2D eigenvalue weighted by Crippen LogP contribution is -2.21. The van der Waals surface area contributed by atoms with Gasteiger partial charge in [0.2, 0.25) is 5.95 Å². The van der Waals surface area contributed by atoms with Gasteiger partial charge in [0.05, 0.1) is 11.0 Å². The number of imidazole rings is 1. The first-order chi connectivity index (χ1) is 13.8. The topological polar surface area (TPSA) is 68.2 Å². The van der Waals surface area contributed by atoms with Crippen molar-refractivity contribution in [3.8, 4) is 5.75 Å². The van der Waals surface area contributed by atoms with Crippen molar-refractivity contribution >= 4 is 22.9 Å². The molecule has 2 heterocycles. The third-order valence-electron chi connectivity index (χ3n) is 5.73. The van der Waals surface area contributed by atoms with E-state index in [1.165, 1.54) is 12.8 Å². The number of benzene rings is 2. The first-order valence-electron chi connectivity index (χ1n) is 10.0. The molecule has 3 aromatic rings. The van der Waals surface area contributed by atoms with Crippen LogP contribution in [0.3, 0.4) is 0 Å². The molecular formula is C22H24N4O2. The Bertz CT molecular complexity index is 1020. The van der Waals surface area contributed by atoms with Crippen LogP contribution in [-0.2, 0) is 6.54 Å². The van der Waals surface area contributed by atoms with Crippen molar-refractivity contribution < 1.29 is 9.53 Å². The average Bonchev–Trinajstić information content (AvgIpc) is 3.28. The summed E-state index contributed by atoms with van der Waals surface area (Å²) in [7, 11) is 0. The van der Waals surface area contributed by atoms with E-state index in [9.17, 15) is 4.79 Å². The maximum Gasteiger partial charge on any atom is 0.258 e. The number of hydrogen-bond acceptors (Lipinski definition) is 4. The fourth-order valence-electron chi connectivity index (χ4n) is 4.38. The summed E-state index contributed by atoms with van der Waals surface area (Å²) in [6, 6.07) is 14.1. The van der Waals surface area contributed by atoms with Gasteiger partial charge in [-0.05, 0) is 37.1 Å². The summed E-state index contributed by atoms with van der Waals surface area (Å²) in [5.41, 5.74) is 3.54. The second-order valence-corrected chi connectivity index (χ2v) is 7.49. The number of fused-ring (bicyclic) bond motifs is 2. The minimum atomic E-state index is -0.140. The predicted octanol–water partition coefficient (Wildman–Crippen LogP) is 3.89. The van der Waals surface area contributed by atoms with Gasteiger partial charge in [-0.25, -0.2) is 4.98 Å². The summed E-state index contributed by atoms with van der Waals surface area (Å²) < 4.78 is 8.00. The Kier molecular flexibility index (Phi) is 4.49. The number of carbonyl (C=O) groups excluding carboxylic acids is 1. The Morgan fingerprint density at radius 1 is 1.14 bits per heavy atom. The molecule has 0 spiro atoms. The predicted molar refractivity (Wildman–Crippen MR) is 109 cm³/mol. The molecule has 1 aliphatic heterocycles. The molecule has 0 saturated heterocycles. The second-order valence-electron chi connectivity index (χ2n) is 7.49. The molecule has 1 aliphatic carbocycles. The van der Waals surface area contributed by atoms with Crippen molar-refractivity contribution in [3.63, 3.8) is 0 Å². The van der Waals surface area contributed by atoms with E-state index in [4.69, 9.17) is 9.72 Å². The molecule has 1 aromatic heterocycles. The van der Waals surface area contributed by atoms with Crippen molar-refractivity contribution in [1.82, 2.24) is 14.9 Å². The fourth-order valence-corrected chi connectivity index (χ4v) is 4.38. The summed E-state index contributed by atoms with van der Waals surface area (Å²) in [5, 5.41) is 6.41. The molecular weight excluding hydrogens is 352 g/mol. The highest BCUT2D eigenvalue weighted by Gasteiger charge is 2.25. The number of anilines is 1. The van der Waals surface area contributed by atoms with Gasteiger partial charge in [-0.1, -0.05) is 31.0 Å². The number of hydrogen-bond donors (Lipinski definition) is 2. The van der Waals surface area contributed by atoms with Crippen LogP contribution >= 0.6 is 0 Å². The van der Waals surface area contributed by atoms with Gasteiger partial charge >= 0.3 is 0 Å². The average molecular weight is 376 g/mol. The molecule has 6 nitrogen and oxygen atoms in total. The highest BCUT2D eigenvalue weighted by Crippen LogP contribution is 2.35. The molecule has 0 bridgehead atoms. The lowest BCUT2D eigenvalue weighted by atomic mass is 10.1. The van der Waals surface area contributed by atoms with Crippen LogP contribution < -0.4 is 15.4 Å². The monoisotopic (exact) mass is 376 g/mol. The van der Waals surface area contributed by atoms with Crippen molar-refractivity contribution in [2.75, 3.05) is 18.5 Å². The standard InChI is InChI=1S/C22H24N4O2/c27-21(16-8-5-11-20-17(16)14-23-12-13-28-20)25-22-24-18-9-3-4-10-19(18)26(22)15-6-1-2-7-15/h3-5,8-11,15,23H,1-2,6-7,12-14H2,(H,24,25,27). The summed E-state index contributed by atoms with van der Waals surface area (Å²) in [6.07, 6.45) is 4.70. The van der Waals surface area contributed by atoms with Crippen LogP contribution in [0.25, 0.3) is 11.0 Å². The van der Waals surface area contributed by atoms with E-state index in [-0.39, 0.29) is 5.91 Å². The van der Waals surface area contributed by atoms with Crippen LogP contribution in [0, 0.1) is 0 Å². The lowest BCUT2D eigenvalue weighted by molar-refractivity contribution is 0.102. The smallest absolute Gasteiger partial charge is 0.258 e. The Morgan fingerprint density at radius 3 is 2.89 bits per heavy atom. The normalized spacial score (nSPS) is 17.1. The number of carbonyl (C=O) groups is 1. The number of amides is 1. The maximum atomic E-state index is 13.2. The summed E-state index contributed by atoms with van der Waals surface area (Å²) in [4.78, 5) is 17.9. The third kappa shape index (κ3) is 3.03. The molecule has 0 unspecified atom stereocenters. The van der Waals surface area contributed by atoms with Crippen LogP contribution in [-0.4, -0.2) is 28.6 Å². The number of para-hydroxylation sites is 2. The quantitative estimate of drug-likeness (QED) is 0.728. The zero-order chi connectivity index (χ0) is 18.9. The molecule has 1 saturated carbocycles. The Morgan fingerprint density at radius 2 is 2.00 bits per heavy atom. The first kappa shape index (κ1) is 17.3. The molecule has 2 aromatic carbocycles. The Hall–Kier alpha value is -2.86. The first-order valence-corrected chi connectivity index (χ1v) is 10.0. The highest BCUT2D eigenvalue weighted by atomic mass is 16.5.